The molecule has 0 radical (unpaired) electrons. The van der Waals surface area contributed by atoms with Gasteiger partial charge in [0.1, 0.15) is 0 Å². The highest BCUT2D eigenvalue weighted by Gasteiger charge is 2.02. The summed E-state index contributed by atoms with van der Waals surface area (Å²) in [5.41, 5.74) is -1.15. The largest absolute Gasteiger partial charge is 0.409 e. The summed E-state index contributed by atoms with van der Waals surface area (Å²) in [6.07, 6.45) is 0. The van der Waals surface area contributed by atoms with Gasteiger partial charge in [-0.05, 0) is 0 Å². The van der Waals surface area contributed by atoms with Gasteiger partial charge in [0.2, 0.25) is 5.88 Å². The van der Waals surface area contributed by atoms with Crippen LogP contribution in [0.25, 0.3) is 0 Å². The number of carbonyl (C=O) groups is 1. The predicted octanol–water partition coefficient (Wildman–Crippen LogP) is -1.00. The van der Waals surface area contributed by atoms with Gasteiger partial charge in [0.05, 0.1) is 6.07 Å². The van der Waals surface area contributed by atoms with Gasteiger partial charge in [0.15, 0.2) is 0 Å². The molecule has 0 spiro atoms. The van der Waals surface area contributed by atoms with E-state index in [0.717, 1.165) is 10.6 Å². The Balaban J connectivity index is 3.21. The van der Waals surface area contributed by atoms with Gasteiger partial charge in [0, 0.05) is 14.0 Å². The van der Waals surface area contributed by atoms with Gasteiger partial charge < -0.3 is 4.74 Å². The summed E-state index contributed by atoms with van der Waals surface area (Å²) in [6.45, 7) is 1.18. The molecule has 0 aliphatic heterocycles. The summed E-state index contributed by atoms with van der Waals surface area (Å²) in [6, 6.07) is 1.03. The highest BCUT2D eigenvalue weighted by Crippen LogP contribution is 1.96. The van der Waals surface area contributed by atoms with Crippen LogP contribution in [0.15, 0.2) is 15.7 Å². The summed E-state index contributed by atoms with van der Waals surface area (Å²) in [5.74, 6) is -0.732. The average molecular weight is 184 g/mol. The van der Waals surface area contributed by atoms with Gasteiger partial charge >= 0.3 is 11.7 Å². The average Bonchev–Trinajstić information content (AvgIpc) is 1.98. The van der Waals surface area contributed by atoms with E-state index in [2.05, 4.69) is 9.72 Å². The van der Waals surface area contributed by atoms with Crippen molar-refractivity contribution in [1.29, 1.82) is 0 Å². The van der Waals surface area contributed by atoms with Crippen molar-refractivity contribution < 1.29 is 9.53 Å². The third-order valence-corrected chi connectivity index (χ3v) is 1.37. The molecule has 0 aliphatic rings. The smallest absolute Gasteiger partial charge is 0.330 e. The summed E-state index contributed by atoms with van der Waals surface area (Å²) < 4.78 is 5.39. The minimum Gasteiger partial charge on any atom is -0.409 e. The molecule has 1 N–H and O–H groups in total. The van der Waals surface area contributed by atoms with E-state index in [1.165, 1.54) is 14.0 Å². The van der Waals surface area contributed by atoms with E-state index >= 15 is 0 Å². The maximum absolute atomic E-state index is 11.0. The Morgan fingerprint density at radius 2 is 2.15 bits per heavy atom. The van der Waals surface area contributed by atoms with E-state index in [9.17, 15) is 14.4 Å². The number of hydrogen-bond donors (Lipinski definition) is 1. The maximum atomic E-state index is 11.0. The standard InChI is InChI=1S/C7H8N2O4/c1-4(10)13-5-3-6(11)9(2)7(12)8-5/h3H,1-2H3,(H,8,12). The zero-order chi connectivity index (χ0) is 10.0. The van der Waals surface area contributed by atoms with Crippen LogP contribution in [-0.4, -0.2) is 15.5 Å². The van der Waals surface area contributed by atoms with Crippen molar-refractivity contribution in [2.45, 2.75) is 6.92 Å². The van der Waals surface area contributed by atoms with E-state index in [4.69, 9.17) is 0 Å². The third kappa shape index (κ3) is 2.05. The normalized spacial score (nSPS) is 9.69. The lowest BCUT2D eigenvalue weighted by molar-refractivity contribution is -0.132. The van der Waals surface area contributed by atoms with Crippen LogP contribution in [-0.2, 0) is 11.8 Å². The summed E-state index contributed by atoms with van der Waals surface area (Å²) in [4.78, 5) is 34.6. The lowest BCUT2D eigenvalue weighted by Gasteiger charge is -2.00. The molecule has 6 nitrogen and oxygen atoms in total. The number of nitrogens with one attached hydrogen (secondary N) is 1. The van der Waals surface area contributed by atoms with E-state index in [0.29, 0.717) is 0 Å². The van der Waals surface area contributed by atoms with E-state index in [1.807, 2.05) is 0 Å². The molecule has 70 valence electrons. The van der Waals surface area contributed by atoms with Crippen molar-refractivity contribution in [2.75, 3.05) is 0 Å². The molecule has 1 aromatic rings. The zero-order valence-corrected chi connectivity index (χ0v) is 7.16. The van der Waals surface area contributed by atoms with Gasteiger partial charge in [-0.15, -0.1) is 0 Å². The predicted molar refractivity (Wildman–Crippen MR) is 43.6 cm³/mol. The summed E-state index contributed by atoms with van der Waals surface area (Å²) in [5, 5.41) is 0. The molecule has 6 heteroatoms. The van der Waals surface area contributed by atoms with Crippen molar-refractivity contribution in [3.05, 3.63) is 26.9 Å². The van der Waals surface area contributed by atoms with Crippen LogP contribution in [0.2, 0.25) is 0 Å². The zero-order valence-electron chi connectivity index (χ0n) is 7.16. The highest BCUT2D eigenvalue weighted by molar-refractivity contribution is 5.68. The molecule has 1 rings (SSSR count). The minimum absolute atomic E-state index is 0.138. The fourth-order valence-corrected chi connectivity index (χ4v) is 0.744. The molecular weight excluding hydrogens is 176 g/mol. The fourth-order valence-electron chi connectivity index (χ4n) is 0.744. The Bertz CT molecular complexity index is 411. The van der Waals surface area contributed by atoms with E-state index < -0.39 is 17.2 Å². The number of rotatable bonds is 1. The molecule has 0 atom stereocenters. The molecule has 0 aromatic carbocycles. The molecule has 0 aliphatic carbocycles. The number of aromatic nitrogens is 2. The SMILES string of the molecule is CC(=O)Oc1cc(=O)n(C)c(=O)[nH]1. The topological polar surface area (TPSA) is 81.2 Å². The van der Waals surface area contributed by atoms with Crippen molar-refractivity contribution in [2.24, 2.45) is 7.05 Å². The molecule has 0 saturated heterocycles. The number of carbonyl (C=O) groups excluding carboxylic acids is 1. The number of esters is 1. The minimum atomic E-state index is -0.622. The van der Waals surface area contributed by atoms with Gasteiger partial charge in [-0.25, -0.2) is 4.79 Å². The first-order valence-corrected chi connectivity index (χ1v) is 3.49. The van der Waals surface area contributed by atoms with E-state index in [1.54, 1.807) is 0 Å². The van der Waals surface area contributed by atoms with Gasteiger partial charge in [-0.2, -0.15) is 0 Å². The van der Waals surface area contributed by atoms with Gasteiger partial charge in [-0.1, -0.05) is 0 Å². The number of H-pyrrole nitrogens is 1. The Kier molecular flexibility index (Phi) is 2.32. The fraction of sp³-hybridized carbons (Fsp3) is 0.286. The van der Waals surface area contributed by atoms with Crippen molar-refractivity contribution in [1.82, 2.24) is 9.55 Å². The number of ether oxygens (including phenoxy) is 1. The first kappa shape index (κ1) is 9.24. The van der Waals surface area contributed by atoms with Crippen LogP contribution >= 0.6 is 0 Å². The molecule has 0 saturated carbocycles. The van der Waals surface area contributed by atoms with Crippen LogP contribution in [0, 0.1) is 0 Å². The Hall–Kier alpha value is -1.85. The third-order valence-electron chi connectivity index (χ3n) is 1.37. The van der Waals surface area contributed by atoms with Crippen LogP contribution in [0.5, 0.6) is 5.88 Å². The lowest BCUT2D eigenvalue weighted by atomic mass is 10.6. The van der Waals surface area contributed by atoms with Crippen molar-refractivity contribution >= 4 is 5.97 Å². The number of hydrogen-bond acceptors (Lipinski definition) is 4. The molecule has 0 unspecified atom stereocenters. The Labute approximate surface area is 72.8 Å². The number of aromatic amines is 1. The monoisotopic (exact) mass is 184 g/mol. The van der Waals surface area contributed by atoms with E-state index in [-0.39, 0.29) is 5.88 Å². The van der Waals surface area contributed by atoms with Crippen LogP contribution in [0.1, 0.15) is 6.92 Å². The Morgan fingerprint density at radius 3 is 2.62 bits per heavy atom. The molecule has 1 aromatic heterocycles. The summed E-state index contributed by atoms with van der Waals surface area (Å²) >= 11 is 0. The second-order valence-corrected chi connectivity index (χ2v) is 2.43. The van der Waals surface area contributed by atoms with Crippen molar-refractivity contribution in [3.8, 4) is 5.88 Å². The van der Waals surface area contributed by atoms with Gasteiger partial charge in [0.25, 0.3) is 5.56 Å². The molecule has 0 bridgehead atoms. The van der Waals surface area contributed by atoms with Crippen LogP contribution in [0.4, 0.5) is 0 Å². The molecule has 13 heavy (non-hydrogen) atoms. The van der Waals surface area contributed by atoms with Crippen LogP contribution < -0.4 is 16.0 Å². The van der Waals surface area contributed by atoms with Gasteiger partial charge in [-0.3, -0.25) is 19.1 Å². The highest BCUT2D eigenvalue weighted by atomic mass is 16.5. The Morgan fingerprint density at radius 1 is 1.54 bits per heavy atom. The second kappa shape index (κ2) is 3.26. The number of nitrogens with zero attached hydrogens (tertiary/aromatic N) is 1. The molecule has 1 heterocycles. The summed E-state index contributed by atoms with van der Waals surface area (Å²) in [7, 11) is 1.32. The van der Waals surface area contributed by atoms with Crippen LogP contribution in [0.3, 0.4) is 0 Å². The quantitative estimate of drug-likeness (QED) is 0.567. The van der Waals surface area contributed by atoms with Crippen molar-refractivity contribution in [3.63, 3.8) is 0 Å². The second-order valence-electron chi connectivity index (χ2n) is 2.43. The first-order valence-electron chi connectivity index (χ1n) is 3.49. The molecular formula is C7H8N2O4. The first-order chi connectivity index (χ1) is 6.00. The lowest BCUT2D eigenvalue weighted by Crippen LogP contribution is -2.32. The molecule has 0 amide bonds. The molecule has 0 fully saturated rings. The maximum Gasteiger partial charge on any atom is 0.330 e.